The van der Waals surface area contributed by atoms with Crippen molar-refractivity contribution in [3.8, 4) is 5.75 Å². The molecule has 1 aromatic carbocycles. The molecule has 0 amide bonds. The lowest BCUT2D eigenvalue weighted by atomic mass is 10.2. The second-order valence-electron chi connectivity index (χ2n) is 2.35. The summed E-state index contributed by atoms with van der Waals surface area (Å²) in [5.74, 6) is 0.362. The number of fused-ring (bicyclic) bond motifs is 1. The number of aromatic hydroxyl groups is 1. The minimum Gasteiger partial charge on any atom is -0.506 e. The highest BCUT2D eigenvalue weighted by Gasteiger charge is 2.08. The first-order chi connectivity index (χ1) is 5.70. The van der Waals surface area contributed by atoms with Crippen LogP contribution in [0.3, 0.4) is 0 Å². The van der Waals surface area contributed by atoms with Crippen molar-refractivity contribution in [2.45, 2.75) is 0 Å². The molecule has 1 N–H and O–H groups in total. The van der Waals surface area contributed by atoms with E-state index in [1.807, 2.05) is 11.4 Å². The predicted octanol–water partition coefficient (Wildman–Crippen LogP) is 3.97. The standard InChI is InChI=1S/C8H4BrIOS/c9-4-3-12-8-6(11)2-1-5(10)7(4)8/h1-3,11H. The normalized spacial score (nSPS) is 10.8. The van der Waals surface area contributed by atoms with Gasteiger partial charge in [-0.3, -0.25) is 0 Å². The molecule has 0 atom stereocenters. The van der Waals surface area contributed by atoms with Crippen molar-refractivity contribution in [3.05, 3.63) is 25.6 Å². The zero-order chi connectivity index (χ0) is 8.72. The molecule has 12 heavy (non-hydrogen) atoms. The molecule has 2 aromatic rings. The molecule has 0 saturated carbocycles. The number of halogens is 2. The van der Waals surface area contributed by atoms with E-state index in [9.17, 15) is 5.11 Å². The van der Waals surface area contributed by atoms with E-state index in [1.165, 1.54) is 0 Å². The summed E-state index contributed by atoms with van der Waals surface area (Å²) < 4.78 is 3.17. The molecule has 0 radical (unpaired) electrons. The minimum atomic E-state index is 0.362. The van der Waals surface area contributed by atoms with Crippen LogP contribution in [0.4, 0.5) is 0 Å². The van der Waals surface area contributed by atoms with E-state index in [2.05, 4.69) is 38.5 Å². The Morgan fingerprint density at radius 2 is 2.17 bits per heavy atom. The Morgan fingerprint density at radius 1 is 1.42 bits per heavy atom. The van der Waals surface area contributed by atoms with E-state index in [4.69, 9.17) is 0 Å². The molecule has 0 aliphatic carbocycles. The van der Waals surface area contributed by atoms with E-state index in [0.717, 1.165) is 18.1 Å². The smallest absolute Gasteiger partial charge is 0.133 e. The highest BCUT2D eigenvalue weighted by atomic mass is 127. The second-order valence-corrected chi connectivity index (χ2v) is 5.25. The number of benzene rings is 1. The van der Waals surface area contributed by atoms with E-state index in [1.54, 1.807) is 17.4 Å². The van der Waals surface area contributed by atoms with Crippen LogP contribution in [-0.4, -0.2) is 5.11 Å². The molecule has 0 fully saturated rings. The first kappa shape index (κ1) is 8.77. The average Bonchev–Trinajstić information content (AvgIpc) is 2.42. The summed E-state index contributed by atoms with van der Waals surface area (Å²) in [6.45, 7) is 0. The third-order valence-electron chi connectivity index (χ3n) is 1.61. The van der Waals surface area contributed by atoms with Crippen LogP contribution in [0.25, 0.3) is 10.1 Å². The summed E-state index contributed by atoms with van der Waals surface area (Å²) in [6, 6.07) is 3.64. The average molecular weight is 355 g/mol. The maximum Gasteiger partial charge on any atom is 0.133 e. The Hall–Kier alpha value is 0.190. The SMILES string of the molecule is Oc1ccc(I)c2c(Br)csc12. The summed E-state index contributed by atoms with van der Waals surface area (Å²) in [4.78, 5) is 0. The molecule has 1 heterocycles. The number of hydrogen-bond acceptors (Lipinski definition) is 2. The second kappa shape index (κ2) is 3.16. The number of hydrogen-bond donors (Lipinski definition) is 1. The fourth-order valence-corrected chi connectivity index (χ4v) is 4.04. The Balaban J connectivity index is 2.98. The predicted molar refractivity (Wildman–Crippen MR) is 63.9 cm³/mol. The monoisotopic (exact) mass is 354 g/mol. The summed E-state index contributed by atoms with van der Waals surface area (Å²) >= 11 is 7.26. The van der Waals surface area contributed by atoms with Crippen LogP contribution in [-0.2, 0) is 0 Å². The number of thiophene rings is 1. The van der Waals surface area contributed by atoms with Gasteiger partial charge in [0.1, 0.15) is 5.75 Å². The molecule has 2 rings (SSSR count). The summed E-state index contributed by atoms with van der Waals surface area (Å²) in [5, 5.41) is 12.6. The van der Waals surface area contributed by atoms with Gasteiger partial charge >= 0.3 is 0 Å². The lowest BCUT2D eigenvalue weighted by Crippen LogP contribution is -1.72. The topological polar surface area (TPSA) is 20.2 Å². The molecule has 0 aliphatic rings. The van der Waals surface area contributed by atoms with Crippen LogP contribution in [0.1, 0.15) is 0 Å². The molecule has 0 bridgehead atoms. The highest BCUT2D eigenvalue weighted by molar-refractivity contribution is 14.1. The molecule has 0 saturated heterocycles. The fourth-order valence-electron chi connectivity index (χ4n) is 1.06. The first-order valence-electron chi connectivity index (χ1n) is 3.24. The van der Waals surface area contributed by atoms with Gasteiger partial charge in [0, 0.05) is 18.8 Å². The highest BCUT2D eigenvalue weighted by Crippen LogP contribution is 2.38. The Bertz CT molecular complexity index is 438. The van der Waals surface area contributed by atoms with Gasteiger partial charge in [-0.2, -0.15) is 0 Å². The fraction of sp³-hybridized carbons (Fsp3) is 0. The Kier molecular flexibility index (Phi) is 2.31. The van der Waals surface area contributed by atoms with Crippen molar-refractivity contribution in [1.29, 1.82) is 0 Å². The number of phenolic OH excluding ortho intramolecular Hbond substituents is 1. The van der Waals surface area contributed by atoms with Crippen molar-refractivity contribution >= 4 is 59.9 Å². The molecule has 1 aromatic heterocycles. The van der Waals surface area contributed by atoms with Gasteiger partial charge in [0.25, 0.3) is 0 Å². The van der Waals surface area contributed by atoms with Crippen molar-refractivity contribution in [2.24, 2.45) is 0 Å². The first-order valence-corrected chi connectivity index (χ1v) is 5.99. The van der Waals surface area contributed by atoms with Crippen LogP contribution in [0, 0.1) is 3.57 Å². The van der Waals surface area contributed by atoms with E-state index in [-0.39, 0.29) is 0 Å². The van der Waals surface area contributed by atoms with Crippen LogP contribution < -0.4 is 0 Å². The van der Waals surface area contributed by atoms with E-state index in [0.29, 0.717) is 5.75 Å². The molecule has 0 aliphatic heterocycles. The summed E-state index contributed by atoms with van der Waals surface area (Å²) in [5.41, 5.74) is 0. The zero-order valence-corrected chi connectivity index (χ0v) is 10.4. The van der Waals surface area contributed by atoms with E-state index < -0.39 is 0 Å². The maximum atomic E-state index is 9.50. The third-order valence-corrected chi connectivity index (χ3v) is 4.44. The van der Waals surface area contributed by atoms with Gasteiger partial charge < -0.3 is 5.11 Å². The largest absolute Gasteiger partial charge is 0.506 e. The number of phenols is 1. The molecule has 0 unspecified atom stereocenters. The van der Waals surface area contributed by atoms with Crippen LogP contribution in [0.5, 0.6) is 5.75 Å². The quantitative estimate of drug-likeness (QED) is 0.709. The molecule has 62 valence electrons. The van der Waals surface area contributed by atoms with Gasteiger partial charge in [-0.25, -0.2) is 0 Å². The number of rotatable bonds is 0. The molecular formula is C8H4BrIOS. The van der Waals surface area contributed by atoms with Gasteiger partial charge in [-0.15, -0.1) is 11.3 Å². The van der Waals surface area contributed by atoms with Gasteiger partial charge in [0.05, 0.1) is 4.70 Å². The minimum absolute atomic E-state index is 0.362. The lowest BCUT2D eigenvalue weighted by molar-refractivity contribution is 0.482. The molecular weight excluding hydrogens is 351 g/mol. The Labute approximate surface area is 95.7 Å². The summed E-state index contributed by atoms with van der Waals surface area (Å²) in [7, 11) is 0. The van der Waals surface area contributed by atoms with Crippen molar-refractivity contribution in [3.63, 3.8) is 0 Å². The molecule has 0 spiro atoms. The van der Waals surface area contributed by atoms with Gasteiger partial charge in [0.2, 0.25) is 0 Å². The van der Waals surface area contributed by atoms with Crippen LogP contribution >= 0.6 is 49.9 Å². The maximum absolute atomic E-state index is 9.50. The van der Waals surface area contributed by atoms with Crippen LogP contribution in [0.15, 0.2) is 22.0 Å². The summed E-state index contributed by atoms with van der Waals surface area (Å²) in [6.07, 6.45) is 0. The van der Waals surface area contributed by atoms with Gasteiger partial charge in [-0.05, 0) is 50.7 Å². The van der Waals surface area contributed by atoms with Crippen molar-refractivity contribution in [2.75, 3.05) is 0 Å². The lowest BCUT2D eigenvalue weighted by Gasteiger charge is -1.97. The molecule has 4 heteroatoms. The van der Waals surface area contributed by atoms with E-state index >= 15 is 0 Å². The Morgan fingerprint density at radius 3 is 2.83 bits per heavy atom. The van der Waals surface area contributed by atoms with Gasteiger partial charge in [0.15, 0.2) is 0 Å². The van der Waals surface area contributed by atoms with Gasteiger partial charge in [-0.1, -0.05) is 0 Å². The van der Waals surface area contributed by atoms with Crippen molar-refractivity contribution in [1.82, 2.24) is 0 Å². The third kappa shape index (κ3) is 1.25. The molecule has 1 nitrogen and oxygen atoms in total. The van der Waals surface area contributed by atoms with Crippen LogP contribution in [0.2, 0.25) is 0 Å². The van der Waals surface area contributed by atoms with Crippen molar-refractivity contribution < 1.29 is 5.11 Å². The zero-order valence-electron chi connectivity index (χ0n) is 5.84.